The van der Waals surface area contributed by atoms with Crippen molar-refractivity contribution in [1.29, 1.82) is 0 Å². The van der Waals surface area contributed by atoms with E-state index in [0.717, 1.165) is 11.8 Å². The Morgan fingerprint density at radius 2 is 2.05 bits per heavy atom. The first-order valence-electron chi connectivity index (χ1n) is 6.88. The van der Waals surface area contributed by atoms with E-state index >= 15 is 0 Å². The molecule has 0 unspecified atom stereocenters. The van der Waals surface area contributed by atoms with Gasteiger partial charge in [0.05, 0.1) is 18.1 Å². The van der Waals surface area contributed by atoms with Crippen LogP contribution < -0.4 is 10.1 Å². The Bertz CT molecular complexity index is 492. The first-order chi connectivity index (χ1) is 9.88. The predicted molar refractivity (Wildman–Crippen MR) is 80.5 cm³/mol. The van der Waals surface area contributed by atoms with Crippen LogP contribution in [0.5, 0.6) is 5.75 Å². The van der Waals surface area contributed by atoms with E-state index in [1.807, 2.05) is 32.9 Å². The molecule has 0 spiro atoms. The first-order valence-corrected chi connectivity index (χ1v) is 6.88. The summed E-state index contributed by atoms with van der Waals surface area (Å²) < 4.78 is 10.3. The zero-order valence-electron chi connectivity index (χ0n) is 13.1. The van der Waals surface area contributed by atoms with Crippen molar-refractivity contribution in [3.8, 4) is 5.75 Å². The number of nitrogens with one attached hydrogen (secondary N) is 1. The minimum Gasteiger partial charge on any atom is -0.496 e. The van der Waals surface area contributed by atoms with Gasteiger partial charge >= 0.3 is 5.97 Å². The number of benzene rings is 1. The SMILES string of the molecule is COc1cc(CNCCOC(=O)C(C)(C)C)ccc1C=O. The molecule has 116 valence electrons. The molecule has 0 amide bonds. The fraction of sp³-hybridized carbons (Fsp3) is 0.500. The second-order valence-electron chi connectivity index (χ2n) is 5.76. The number of carbonyl (C=O) groups is 2. The maximum atomic E-state index is 11.6. The van der Waals surface area contributed by atoms with E-state index in [1.54, 1.807) is 6.07 Å². The zero-order valence-corrected chi connectivity index (χ0v) is 13.1. The van der Waals surface area contributed by atoms with Gasteiger partial charge < -0.3 is 14.8 Å². The van der Waals surface area contributed by atoms with Crippen LogP contribution in [0.15, 0.2) is 18.2 Å². The molecule has 5 heteroatoms. The minimum absolute atomic E-state index is 0.207. The van der Waals surface area contributed by atoms with Crippen molar-refractivity contribution in [3.05, 3.63) is 29.3 Å². The summed E-state index contributed by atoms with van der Waals surface area (Å²) in [5.41, 5.74) is 1.05. The number of aldehydes is 1. The Hall–Kier alpha value is -1.88. The van der Waals surface area contributed by atoms with E-state index in [4.69, 9.17) is 9.47 Å². The van der Waals surface area contributed by atoms with Crippen molar-refractivity contribution in [2.75, 3.05) is 20.3 Å². The zero-order chi connectivity index (χ0) is 15.9. The van der Waals surface area contributed by atoms with Crippen LogP contribution in [0, 0.1) is 5.41 Å². The molecule has 1 rings (SSSR count). The number of ether oxygens (including phenoxy) is 2. The second kappa shape index (κ2) is 7.78. The van der Waals surface area contributed by atoms with Gasteiger partial charge in [-0.15, -0.1) is 0 Å². The topological polar surface area (TPSA) is 64.6 Å². The Labute approximate surface area is 125 Å². The monoisotopic (exact) mass is 293 g/mol. The molecule has 0 saturated carbocycles. The third kappa shape index (κ3) is 5.55. The van der Waals surface area contributed by atoms with Crippen molar-refractivity contribution in [1.82, 2.24) is 5.32 Å². The van der Waals surface area contributed by atoms with E-state index in [9.17, 15) is 9.59 Å². The number of rotatable bonds is 7. The fourth-order valence-electron chi connectivity index (χ4n) is 1.63. The van der Waals surface area contributed by atoms with Crippen LogP contribution in [0.2, 0.25) is 0 Å². The molecule has 1 aromatic carbocycles. The summed E-state index contributed by atoms with van der Waals surface area (Å²) in [5, 5.41) is 3.18. The molecule has 0 atom stereocenters. The Kier molecular flexibility index (Phi) is 6.37. The summed E-state index contributed by atoms with van der Waals surface area (Å²) in [5.74, 6) is 0.352. The normalized spacial score (nSPS) is 11.0. The second-order valence-corrected chi connectivity index (χ2v) is 5.76. The van der Waals surface area contributed by atoms with Gasteiger partial charge in [-0.1, -0.05) is 6.07 Å². The molecule has 5 nitrogen and oxygen atoms in total. The molecule has 1 N–H and O–H groups in total. The van der Waals surface area contributed by atoms with Gasteiger partial charge in [-0.05, 0) is 38.5 Å². The fourth-order valence-corrected chi connectivity index (χ4v) is 1.63. The summed E-state index contributed by atoms with van der Waals surface area (Å²) in [4.78, 5) is 22.3. The van der Waals surface area contributed by atoms with Crippen molar-refractivity contribution in [3.63, 3.8) is 0 Å². The lowest BCUT2D eigenvalue weighted by Gasteiger charge is -2.16. The Balaban J connectivity index is 2.36. The standard InChI is InChI=1S/C16H23NO4/c1-16(2,3)15(19)21-8-7-17-10-12-5-6-13(11-18)14(9-12)20-4/h5-6,9,11,17H,7-8,10H2,1-4H3. The highest BCUT2D eigenvalue weighted by atomic mass is 16.5. The van der Waals surface area contributed by atoms with Crippen LogP contribution in [0.25, 0.3) is 0 Å². The highest BCUT2D eigenvalue weighted by molar-refractivity contribution is 5.79. The molecule has 0 heterocycles. The number of hydrogen-bond acceptors (Lipinski definition) is 5. The van der Waals surface area contributed by atoms with Crippen LogP contribution in [-0.4, -0.2) is 32.5 Å². The van der Waals surface area contributed by atoms with Crippen LogP contribution in [0.4, 0.5) is 0 Å². The summed E-state index contributed by atoms with van der Waals surface area (Å²) in [6, 6.07) is 5.40. The maximum absolute atomic E-state index is 11.6. The van der Waals surface area contributed by atoms with Gasteiger partial charge in [0.25, 0.3) is 0 Å². The van der Waals surface area contributed by atoms with E-state index in [0.29, 0.717) is 31.0 Å². The predicted octanol–water partition coefficient (Wildman–Crippen LogP) is 2.19. The summed E-state index contributed by atoms with van der Waals surface area (Å²) in [7, 11) is 1.53. The molecule has 0 saturated heterocycles. The Morgan fingerprint density at radius 1 is 1.33 bits per heavy atom. The van der Waals surface area contributed by atoms with Crippen molar-refractivity contribution in [2.24, 2.45) is 5.41 Å². The molecule has 0 fully saturated rings. The molecule has 1 aromatic rings. The van der Waals surface area contributed by atoms with Gasteiger partial charge in [0.15, 0.2) is 6.29 Å². The van der Waals surface area contributed by atoms with Crippen LogP contribution in [0.3, 0.4) is 0 Å². The molecule has 0 aliphatic rings. The van der Waals surface area contributed by atoms with Crippen LogP contribution in [0.1, 0.15) is 36.7 Å². The van der Waals surface area contributed by atoms with E-state index in [-0.39, 0.29) is 5.97 Å². The molecule has 0 aliphatic heterocycles. The van der Waals surface area contributed by atoms with Gasteiger partial charge in [0.2, 0.25) is 0 Å². The summed E-state index contributed by atoms with van der Waals surface area (Å²) >= 11 is 0. The lowest BCUT2D eigenvalue weighted by atomic mass is 9.97. The lowest BCUT2D eigenvalue weighted by molar-refractivity contribution is -0.152. The average Bonchev–Trinajstić information content (AvgIpc) is 2.45. The number of carbonyl (C=O) groups excluding carboxylic acids is 2. The van der Waals surface area contributed by atoms with Gasteiger partial charge in [0.1, 0.15) is 12.4 Å². The van der Waals surface area contributed by atoms with E-state index in [2.05, 4.69) is 5.32 Å². The summed E-state index contributed by atoms with van der Waals surface area (Å²) in [6.45, 7) is 6.98. The summed E-state index contributed by atoms with van der Waals surface area (Å²) in [6.07, 6.45) is 0.766. The molecular weight excluding hydrogens is 270 g/mol. The van der Waals surface area contributed by atoms with Crippen molar-refractivity contribution in [2.45, 2.75) is 27.3 Å². The smallest absolute Gasteiger partial charge is 0.311 e. The molecule has 0 aromatic heterocycles. The van der Waals surface area contributed by atoms with Crippen LogP contribution >= 0.6 is 0 Å². The number of hydrogen-bond donors (Lipinski definition) is 1. The van der Waals surface area contributed by atoms with E-state index in [1.165, 1.54) is 7.11 Å². The molecule has 21 heavy (non-hydrogen) atoms. The minimum atomic E-state index is -0.474. The number of methoxy groups -OCH3 is 1. The van der Waals surface area contributed by atoms with Gasteiger partial charge in [-0.3, -0.25) is 9.59 Å². The molecular formula is C16H23NO4. The van der Waals surface area contributed by atoms with Crippen molar-refractivity contribution < 1.29 is 19.1 Å². The molecule has 0 radical (unpaired) electrons. The molecule has 0 aliphatic carbocycles. The lowest BCUT2D eigenvalue weighted by Crippen LogP contribution is -2.27. The maximum Gasteiger partial charge on any atom is 0.311 e. The number of esters is 1. The average molecular weight is 293 g/mol. The largest absolute Gasteiger partial charge is 0.496 e. The highest BCUT2D eigenvalue weighted by Crippen LogP contribution is 2.18. The first kappa shape index (κ1) is 17.2. The molecule has 0 bridgehead atoms. The highest BCUT2D eigenvalue weighted by Gasteiger charge is 2.22. The van der Waals surface area contributed by atoms with Gasteiger partial charge in [-0.25, -0.2) is 0 Å². The van der Waals surface area contributed by atoms with E-state index < -0.39 is 5.41 Å². The van der Waals surface area contributed by atoms with Gasteiger partial charge in [0, 0.05) is 13.1 Å². The third-order valence-electron chi connectivity index (χ3n) is 2.88. The van der Waals surface area contributed by atoms with Crippen molar-refractivity contribution >= 4 is 12.3 Å². The van der Waals surface area contributed by atoms with Crippen LogP contribution in [-0.2, 0) is 16.1 Å². The van der Waals surface area contributed by atoms with Gasteiger partial charge in [-0.2, -0.15) is 0 Å². The Morgan fingerprint density at radius 3 is 2.62 bits per heavy atom. The third-order valence-corrected chi connectivity index (χ3v) is 2.88. The quantitative estimate of drug-likeness (QED) is 0.474.